The average molecular weight is 244 g/mol. The molecule has 0 atom stereocenters. The van der Waals surface area contributed by atoms with Crippen LogP contribution >= 0.6 is 0 Å². The Morgan fingerprint density at radius 2 is 2.06 bits per heavy atom. The van der Waals surface area contributed by atoms with Crippen LogP contribution in [0.1, 0.15) is 0 Å². The van der Waals surface area contributed by atoms with Crippen molar-refractivity contribution in [1.29, 1.82) is 0 Å². The number of nitrogens with zero attached hydrogens (tertiary/aromatic N) is 2. The van der Waals surface area contributed by atoms with Crippen LogP contribution < -0.4 is 5.56 Å². The number of hydrogen-bond acceptors (Lipinski definition) is 4. The van der Waals surface area contributed by atoms with Crippen molar-refractivity contribution in [3.8, 4) is 11.3 Å². The van der Waals surface area contributed by atoms with Gasteiger partial charge in [-0.2, -0.15) is 0 Å². The fraction of sp³-hybridized carbons (Fsp3) is 0.154. The van der Waals surface area contributed by atoms with Crippen LogP contribution in [-0.4, -0.2) is 22.6 Å². The van der Waals surface area contributed by atoms with Gasteiger partial charge in [0, 0.05) is 11.6 Å². The molecule has 18 heavy (non-hydrogen) atoms. The van der Waals surface area contributed by atoms with E-state index >= 15 is 0 Å². The summed E-state index contributed by atoms with van der Waals surface area (Å²) in [6, 6.07) is 10.8. The van der Waals surface area contributed by atoms with E-state index in [0.29, 0.717) is 5.69 Å². The Hall–Kier alpha value is -2.43. The summed E-state index contributed by atoms with van der Waals surface area (Å²) in [6.07, 6.45) is 1.35. The summed E-state index contributed by atoms with van der Waals surface area (Å²) in [7, 11) is 1.28. The summed E-state index contributed by atoms with van der Waals surface area (Å²) in [5.41, 5.74) is 1.16. The van der Waals surface area contributed by atoms with Gasteiger partial charge in [-0.05, 0) is 0 Å². The maximum Gasteiger partial charge on any atom is 0.325 e. The highest BCUT2D eigenvalue weighted by atomic mass is 16.5. The van der Waals surface area contributed by atoms with Crippen molar-refractivity contribution in [2.75, 3.05) is 7.11 Å². The topological polar surface area (TPSA) is 61.2 Å². The molecule has 0 spiro atoms. The first-order chi connectivity index (χ1) is 8.70. The molecule has 2 rings (SSSR count). The Labute approximate surface area is 104 Å². The van der Waals surface area contributed by atoms with E-state index in [0.717, 1.165) is 5.56 Å². The van der Waals surface area contributed by atoms with Gasteiger partial charge in [-0.15, -0.1) is 0 Å². The van der Waals surface area contributed by atoms with E-state index < -0.39 is 5.97 Å². The molecule has 1 heterocycles. The van der Waals surface area contributed by atoms with Crippen molar-refractivity contribution in [3.63, 3.8) is 0 Å². The third-order valence-electron chi connectivity index (χ3n) is 2.48. The maximum absolute atomic E-state index is 11.8. The van der Waals surface area contributed by atoms with Gasteiger partial charge in [0.2, 0.25) is 0 Å². The first-order valence-corrected chi connectivity index (χ1v) is 5.39. The number of esters is 1. The number of rotatable bonds is 3. The zero-order chi connectivity index (χ0) is 13.0. The second kappa shape index (κ2) is 5.27. The Balaban J connectivity index is 2.31. The van der Waals surface area contributed by atoms with Gasteiger partial charge in [-0.1, -0.05) is 30.3 Å². The number of hydrogen-bond donors (Lipinski definition) is 0. The highest BCUT2D eigenvalue weighted by Gasteiger charge is 2.06. The number of aromatic nitrogens is 2. The lowest BCUT2D eigenvalue weighted by molar-refractivity contribution is -0.141. The van der Waals surface area contributed by atoms with Gasteiger partial charge in [0.25, 0.3) is 5.56 Å². The van der Waals surface area contributed by atoms with E-state index in [1.165, 1.54) is 24.1 Å². The molecule has 0 saturated carbocycles. The summed E-state index contributed by atoms with van der Waals surface area (Å²) < 4.78 is 5.70. The minimum absolute atomic E-state index is 0.128. The lowest BCUT2D eigenvalue weighted by Gasteiger charge is -2.05. The summed E-state index contributed by atoms with van der Waals surface area (Å²) in [4.78, 5) is 27.0. The number of carbonyl (C=O) groups excluding carboxylic acids is 1. The van der Waals surface area contributed by atoms with E-state index in [9.17, 15) is 9.59 Å². The molecule has 1 aromatic heterocycles. The van der Waals surface area contributed by atoms with Crippen LogP contribution in [0, 0.1) is 0 Å². The van der Waals surface area contributed by atoms with Crippen LogP contribution in [0.3, 0.4) is 0 Å². The third kappa shape index (κ3) is 2.63. The molecule has 92 valence electrons. The monoisotopic (exact) mass is 244 g/mol. The van der Waals surface area contributed by atoms with Crippen LogP contribution in [0.25, 0.3) is 11.3 Å². The van der Waals surface area contributed by atoms with Gasteiger partial charge in [0.05, 0.1) is 19.1 Å². The fourth-order valence-electron chi connectivity index (χ4n) is 1.52. The first kappa shape index (κ1) is 12.0. The van der Waals surface area contributed by atoms with Crippen molar-refractivity contribution in [2.24, 2.45) is 0 Å². The fourth-order valence-corrected chi connectivity index (χ4v) is 1.52. The standard InChI is InChI=1S/C13H12N2O3/c1-18-13(17)8-15-9-14-11(7-12(15)16)10-5-3-2-4-6-10/h2-7,9H,8H2,1H3. The van der Waals surface area contributed by atoms with E-state index in [-0.39, 0.29) is 12.1 Å². The van der Waals surface area contributed by atoms with E-state index in [1.54, 1.807) is 0 Å². The Morgan fingerprint density at radius 3 is 2.67 bits per heavy atom. The second-order valence-corrected chi connectivity index (χ2v) is 3.68. The minimum Gasteiger partial charge on any atom is -0.468 e. The molecule has 0 aliphatic carbocycles. The molecular formula is C13H12N2O3. The summed E-state index contributed by atoms with van der Waals surface area (Å²) in [6.45, 7) is -0.128. The van der Waals surface area contributed by atoms with Crippen LogP contribution in [0.15, 0.2) is 47.5 Å². The first-order valence-electron chi connectivity index (χ1n) is 5.39. The zero-order valence-electron chi connectivity index (χ0n) is 9.87. The van der Waals surface area contributed by atoms with Gasteiger partial charge in [0.1, 0.15) is 6.54 Å². The summed E-state index contributed by atoms with van der Waals surface area (Å²) in [5, 5.41) is 0. The normalized spacial score (nSPS) is 10.1. The molecule has 0 fully saturated rings. The number of carbonyl (C=O) groups is 1. The molecule has 0 radical (unpaired) electrons. The Kier molecular flexibility index (Phi) is 3.52. The van der Waals surface area contributed by atoms with Crippen LogP contribution in [0.5, 0.6) is 0 Å². The average Bonchev–Trinajstić information content (AvgIpc) is 2.42. The molecular weight excluding hydrogens is 232 g/mol. The number of methoxy groups -OCH3 is 1. The largest absolute Gasteiger partial charge is 0.468 e. The van der Waals surface area contributed by atoms with Crippen molar-refractivity contribution >= 4 is 5.97 Å². The molecule has 0 bridgehead atoms. The van der Waals surface area contributed by atoms with Crippen molar-refractivity contribution in [3.05, 3.63) is 53.1 Å². The number of ether oxygens (including phenoxy) is 1. The van der Waals surface area contributed by atoms with E-state index in [1.807, 2.05) is 30.3 Å². The van der Waals surface area contributed by atoms with E-state index in [4.69, 9.17) is 0 Å². The van der Waals surface area contributed by atoms with Crippen molar-refractivity contribution in [1.82, 2.24) is 9.55 Å². The molecule has 0 saturated heterocycles. The maximum atomic E-state index is 11.8. The van der Waals surface area contributed by atoms with Crippen molar-refractivity contribution in [2.45, 2.75) is 6.54 Å². The Morgan fingerprint density at radius 1 is 1.33 bits per heavy atom. The molecule has 2 aromatic rings. The molecule has 5 heteroatoms. The van der Waals surface area contributed by atoms with Gasteiger partial charge >= 0.3 is 5.97 Å². The molecule has 0 N–H and O–H groups in total. The highest BCUT2D eigenvalue weighted by molar-refractivity contribution is 5.69. The van der Waals surface area contributed by atoms with Gasteiger partial charge in [-0.25, -0.2) is 4.98 Å². The molecule has 0 aliphatic rings. The van der Waals surface area contributed by atoms with Gasteiger partial charge in [-0.3, -0.25) is 14.2 Å². The van der Waals surface area contributed by atoms with Crippen LogP contribution in [0.4, 0.5) is 0 Å². The smallest absolute Gasteiger partial charge is 0.325 e. The van der Waals surface area contributed by atoms with Crippen LogP contribution in [0.2, 0.25) is 0 Å². The molecule has 0 unspecified atom stereocenters. The molecule has 0 amide bonds. The summed E-state index contributed by atoms with van der Waals surface area (Å²) in [5.74, 6) is -0.480. The summed E-state index contributed by atoms with van der Waals surface area (Å²) >= 11 is 0. The van der Waals surface area contributed by atoms with Gasteiger partial charge < -0.3 is 4.74 Å². The lowest BCUT2D eigenvalue weighted by Crippen LogP contribution is -2.24. The van der Waals surface area contributed by atoms with Crippen LogP contribution in [-0.2, 0) is 16.1 Å². The SMILES string of the molecule is COC(=O)Cn1cnc(-c2ccccc2)cc1=O. The van der Waals surface area contributed by atoms with Crippen molar-refractivity contribution < 1.29 is 9.53 Å². The third-order valence-corrected chi connectivity index (χ3v) is 2.48. The lowest BCUT2D eigenvalue weighted by atomic mass is 10.1. The second-order valence-electron chi connectivity index (χ2n) is 3.68. The quantitative estimate of drug-likeness (QED) is 0.758. The predicted octanol–water partition coefficient (Wildman–Crippen LogP) is 1.08. The zero-order valence-corrected chi connectivity index (χ0v) is 9.87. The van der Waals surface area contributed by atoms with E-state index in [2.05, 4.69) is 9.72 Å². The Bertz CT molecular complexity index is 605. The molecule has 1 aromatic carbocycles. The van der Waals surface area contributed by atoms with Gasteiger partial charge in [0.15, 0.2) is 0 Å². The minimum atomic E-state index is -0.480. The molecule has 0 aliphatic heterocycles. The number of benzene rings is 1. The predicted molar refractivity (Wildman–Crippen MR) is 65.9 cm³/mol. The molecule has 5 nitrogen and oxygen atoms in total. The highest BCUT2D eigenvalue weighted by Crippen LogP contribution is 2.13.